The number of hydrogen-bond acceptors (Lipinski definition) is 5. The average molecular weight is 249 g/mol. The van der Waals surface area contributed by atoms with Crippen molar-refractivity contribution in [1.82, 2.24) is 9.97 Å². The first kappa shape index (κ1) is 13.1. The number of hydrogen-bond donors (Lipinski definition) is 2. The van der Waals surface area contributed by atoms with Crippen molar-refractivity contribution in [2.75, 3.05) is 23.4 Å². The van der Waals surface area contributed by atoms with E-state index in [-0.39, 0.29) is 0 Å². The van der Waals surface area contributed by atoms with Crippen LogP contribution in [0.2, 0.25) is 0 Å². The van der Waals surface area contributed by atoms with E-state index in [1.807, 2.05) is 6.92 Å². The van der Waals surface area contributed by atoms with Gasteiger partial charge in [-0.05, 0) is 32.1 Å². The normalized spacial score (nSPS) is 20.6. The van der Waals surface area contributed by atoms with E-state index in [1.165, 1.54) is 25.7 Å². The summed E-state index contributed by atoms with van der Waals surface area (Å²) in [6.45, 7) is 6.47. The molecule has 100 valence electrons. The molecule has 0 amide bonds. The molecule has 3 N–H and O–H groups in total. The van der Waals surface area contributed by atoms with E-state index in [2.05, 4.69) is 27.2 Å². The zero-order valence-electron chi connectivity index (χ0n) is 11.3. The lowest BCUT2D eigenvalue weighted by Gasteiger charge is -2.24. The molecule has 2 rings (SSSR count). The fraction of sp³-hybridized carbons (Fsp3) is 0.692. The second-order valence-corrected chi connectivity index (χ2v) is 5.01. The fourth-order valence-electron chi connectivity index (χ4n) is 2.69. The van der Waals surface area contributed by atoms with Crippen LogP contribution in [0.4, 0.5) is 11.6 Å². The molecule has 0 bridgehead atoms. The zero-order valence-corrected chi connectivity index (χ0v) is 11.3. The minimum Gasteiger partial charge on any atom is -0.356 e. The van der Waals surface area contributed by atoms with Gasteiger partial charge in [-0.2, -0.15) is 0 Å². The maximum absolute atomic E-state index is 5.46. The van der Waals surface area contributed by atoms with Gasteiger partial charge in [0.15, 0.2) is 0 Å². The maximum Gasteiger partial charge on any atom is 0.148 e. The third-order valence-corrected chi connectivity index (χ3v) is 3.92. The average Bonchev–Trinajstić information content (AvgIpc) is 2.64. The van der Waals surface area contributed by atoms with Crippen LogP contribution < -0.4 is 16.2 Å². The highest BCUT2D eigenvalue weighted by molar-refractivity contribution is 5.57. The molecule has 5 heteroatoms. The Kier molecular flexibility index (Phi) is 4.36. The minimum absolute atomic E-state index is 0.719. The standard InChI is InChI=1S/C13H23N5/c1-3-11-5-4-7-18(8-6-11)13-10(2)12(17-14)15-9-16-13/h9,11H,3-8,14H2,1-2H3,(H,15,16,17). The first-order valence-electron chi connectivity index (χ1n) is 6.79. The van der Waals surface area contributed by atoms with Gasteiger partial charge >= 0.3 is 0 Å². The van der Waals surface area contributed by atoms with Gasteiger partial charge in [0.1, 0.15) is 18.0 Å². The largest absolute Gasteiger partial charge is 0.356 e. The number of nitrogens with two attached hydrogens (primary N) is 1. The van der Waals surface area contributed by atoms with Crippen LogP contribution in [0.15, 0.2) is 6.33 Å². The number of rotatable bonds is 3. The maximum atomic E-state index is 5.46. The molecule has 0 aliphatic carbocycles. The van der Waals surface area contributed by atoms with Crippen molar-refractivity contribution in [2.45, 2.75) is 39.5 Å². The summed E-state index contributed by atoms with van der Waals surface area (Å²) in [6.07, 6.45) is 6.70. The van der Waals surface area contributed by atoms with Crippen molar-refractivity contribution >= 4 is 11.6 Å². The van der Waals surface area contributed by atoms with Crippen LogP contribution in [0.25, 0.3) is 0 Å². The van der Waals surface area contributed by atoms with Crippen LogP contribution >= 0.6 is 0 Å². The zero-order chi connectivity index (χ0) is 13.0. The number of aromatic nitrogens is 2. The summed E-state index contributed by atoms with van der Waals surface area (Å²) in [5, 5.41) is 0. The Morgan fingerprint density at radius 3 is 2.94 bits per heavy atom. The molecular formula is C13H23N5. The Hall–Kier alpha value is -1.36. The Morgan fingerprint density at radius 1 is 1.39 bits per heavy atom. The van der Waals surface area contributed by atoms with Crippen LogP contribution in [0.5, 0.6) is 0 Å². The van der Waals surface area contributed by atoms with Gasteiger partial charge in [0, 0.05) is 18.7 Å². The Labute approximate surface area is 109 Å². The van der Waals surface area contributed by atoms with Crippen LogP contribution in [-0.2, 0) is 0 Å². The molecule has 1 aromatic rings. The molecule has 1 atom stereocenters. The molecule has 1 unspecified atom stereocenters. The molecule has 0 spiro atoms. The summed E-state index contributed by atoms with van der Waals surface area (Å²) in [5.74, 6) is 8.07. The van der Waals surface area contributed by atoms with E-state index in [0.717, 1.165) is 36.2 Å². The summed E-state index contributed by atoms with van der Waals surface area (Å²) in [5.41, 5.74) is 3.67. The smallest absolute Gasteiger partial charge is 0.148 e. The lowest BCUT2D eigenvalue weighted by Crippen LogP contribution is -2.27. The molecule has 1 aliphatic heterocycles. The van der Waals surface area contributed by atoms with Gasteiger partial charge in [-0.25, -0.2) is 15.8 Å². The molecule has 1 saturated heterocycles. The number of nitrogens with one attached hydrogen (secondary N) is 1. The molecule has 1 aliphatic rings. The van der Waals surface area contributed by atoms with Gasteiger partial charge in [0.25, 0.3) is 0 Å². The van der Waals surface area contributed by atoms with Crippen LogP contribution in [0.1, 0.15) is 38.2 Å². The molecule has 1 fully saturated rings. The summed E-state index contributed by atoms with van der Waals surface area (Å²) in [6, 6.07) is 0. The highest BCUT2D eigenvalue weighted by atomic mass is 15.3. The highest BCUT2D eigenvalue weighted by Gasteiger charge is 2.19. The molecule has 2 heterocycles. The van der Waals surface area contributed by atoms with Crippen molar-refractivity contribution < 1.29 is 0 Å². The fourth-order valence-corrected chi connectivity index (χ4v) is 2.69. The number of nitrogen functional groups attached to an aromatic ring is 1. The second kappa shape index (κ2) is 6.00. The molecule has 18 heavy (non-hydrogen) atoms. The number of nitrogens with zero attached hydrogens (tertiary/aromatic N) is 3. The van der Waals surface area contributed by atoms with Crippen LogP contribution in [-0.4, -0.2) is 23.1 Å². The van der Waals surface area contributed by atoms with Crippen LogP contribution in [0.3, 0.4) is 0 Å². The van der Waals surface area contributed by atoms with E-state index in [1.54, 1.807) is 6.33 Å². The van der Waals surface area contributed by atoms with Crippen molar-refractivity contribution in [3.8, 4) is 0 Å². The van der Waals surface area contributed by atoms with E-state index in [4.69, 9.17) is 5.84 Å². The minimum atomic E-state index is 0.719. The van der Waals surface area contributed by atoms with E-state index in [9.17, 15) is 0 Å². The van der Waals surface area contributed by atoms with Gasteiger partial charge in [-0.1, -0.05) is 13.3 Å². The third kappa shape index (κ3) is 2.72. The van der Waals surface area contributed by atoms with Crippen molar-refractivity contribution in [3.63, 3.8) is 0 Å². The van der Waals surface area contributed by atoms with Crippen molar-refractivity contribution in [3.05, 3.63) is 11.9 Å². The van der Waals surface area contributed by atoms with Crippen molar-refractivity contribution in [1.29, 1.82) is 0 Å². The van der Waals surface area contributed by atoms with Crippen LogP contribution in [0, 0.1) is 12.8 Å². The van der Waals surface area contributed by atoms with Gasteiger partial charge in [-0.3, -0.25) is 0 Å². The van der Waals surface area contributed by atoms with Crippen molar-refractivity contribution in [2.24, 2.45) is 11.8 Å². The van der Waals surface area contributed by atoms with Gasteiger partial charge < -0.3 is 10.3 Å². The second-order valence-electron chi connectivity index (χ2n) is 5.01. The van der Waals surface area contributed by atoms with E-state index >= 15 is 0 Å². The lowest BCUT2D eigenvalue weighted by molar-refractivity contribution is 0.459. The molecule has 1 aromatic heterocycles. The predicted molar refractivity (Wildman–Crippen MR) is 74.4 cm³/mol. The number of anilines is 2. The Morgan fingerprint density at radius 2 is 2.22 bits per heavy atom. The molecular weight excluding hydrogens is 226 g/mol. The first-order valence-corrected chi connectivity index (χ1v) is 6.79. The van der Waals surface area contributed by atoms with Gasteiger partial charge in [0.05, 0.1) is 0 Å². The summed E-state index contributed by atoms with van der Waals surface area (Å²) >= 11 is 0. The quantitative estimate of drug-likeness (QED) is 0.634. The summed E-state index contributed by atoms with van der Waals surface area (Å²) in [7, 11) is 0. The van der Waals surface area contributed by atoms with Gasteiger partial charge in [0.2, 0.25) is 0 Å². The summed E-state index contributed by atoms with van der Waals surface area (Å²) < 4.78 is 0. The topological polar surface area (TPSA) is 67.1 Å². The number of hydrazine groups is 1. The lowest BCUT2D eigenvalue weighted by atomic mass is 9.98. The molecule has 0 aromatic carbocycles. The van der Waals surface area contributed by atoms with E-state index < -0.39 is 0 Å². The third-order valence-electron chi connectivity index (χ3n) is 3.92. The first-order chi connectivity index (χ1) is 8.76. The molecule has 5 nitrogen and oxygen atoms in total. The Balaban J connectivity index is 2.16. The molecule has 0 saturated carbocycles. The molecule has 0 radical (unpaired) electrons. The van der Waals surface area contributed by atoms with Gasteiger partial charge in [-0.15, -0.1) is 0 Å². The highest BCUT2D eigenvalue weighted by Crippen LogP contribution is 2.26. The monoisotopic (exact) mass is 249 g/mol. The Bertz CT molecular complexity index is 393. The van der Waals surface area contributed by atoms with E-state index in [0.29, 0.717) is 0 Å². The summed E-state index contributed by atoms with van der Waals surface area (Å²) in [4.78, 5) is 10.9. The SMILES string of the molecule is CCC1CCCN(c2ncnc(NN)c2C)CC1. The predicted octanol–water partition coefficient (Wildman–Crippen LogP) is 2.09.